The molecule has 1 fully saturated rings. The lowest BCUT2D eigenvalue weighted by Crippen LogP contribution is -2.52. The zero-order valence-corrected chi connectivity index (χ0v) is 13.1. The van der Waals surface area contributed by atoms with Crippen LogP contribution < -0.4 is 5.32 Å². The van der Waals surface area contributed by atoms with E-state index in [1.54, 1.807) is 0 Å². The molecule has 0 saturated heterocycles. The lowest BCUT2D eigenvalue weighted by atomic mass is 9.61. The molecule has 0 radical (unpaired) electrons. The van der Waals surface area contributed by atoms with E-state index in [1.165, 1.54) is 12.1 Å². The molecule has 1 saturated carbocycles. The Labute approximate surface area is 128 Å². The summed E-state index contributed by atoms with van der Waals surface area (Å²) in [5, 5.41) is 12.4. The maximum atomic E-state index is 12.1. The quantitative estimate of drug-likeness (QED) is 0.898. The van der Waals surface area contributed by atoms with Gasteiger partial charge in [0.05, 0.1) is 5.92 Å². The molecule has 2 N–H and O–H groups in total. The predicted molar refractivity (Wildman–Crippen MR) is 78.3 cm³/mol. The third kappa shape index (κ3) is 3.07. The molecule has 0 spiro atoms. The number of halogens is 1. The van der Waals surface area contributed by atoms with Crippen LogP contribution in [0.15, 0.2) is 16.5 Å². The van der Waals surface area contributed by atoms with Crippen molar-refractivity contribution in [3.05, 3.63) is 23.1 Å². The molecule has 116 valence electrons. The van der Waals surface area contributed by atoms with Crippen molar-refractivity contribution in [2.45, 2.75) is 39.7 Å². The summed E-state index contributed by atoms with van der Waals surface area (Å²) in [5.74, 6) is -1.26. The van der Waals surface area contributed by atoms with E-state index in [-0.39, 0.29) is 34.3 Å². The molecular formula is C15H20ClNO4. The molecule has 3 atom stereocenters. The molecule has 1 aromatic heterocycles. The number of amides is 1. The van der Waals surface area contributed by atoms with Crippen LogP contribution in [0.2, 0.25) is 5.22 Å². The predicted octanol–water partition coefficient (Wildman–Crippen LogP) is 3.19. The van der Waals surface area contributed by atoms with Gasteiger partial charge < -0.3 is 14.8 Å². The van der Waals surface area contributed by atoms with Crippen molar-refractivity contribution >= 4 is 23.5 Å². The molecule has 1 heterocycles. The summed E-state index contributed by atoms with van der Waals surface area (Å²) in [7, 11) is 0. The summed E-state index contributed by atoms with van der Waals surface area (Å²) >= 11 is 5.66. The highest BCUT2D eigenvalue weighted by Gasteiger charge is 2.46. The number of carboxylic acid groups (broad SMARTS) is 1. The highest BCUT2D eigenvalue weighted by atomic mass is 35.5. The Morgan fingerprint density at radius 1 is 1.38 bits per heavy atom. The molecule has 3 unspecified atom stereocenters. The molecule has 6 heteroatoms. The van der Waals surface area contributed by atoms with E-state index >= 15 is 0 Å². The fourth-order valence-corrected chi connectivity index (χ4v) is 3.26. The number of aliphatic carboxylic acids is 1. The highest BCUT2D eigenvalue weighted by Crippen LogP contribution is 2.45. The smallest absolute Gasteiger partial charge is 0.307 e. The summed E-state index contributed by atoms with van der Waals surface area (Å²) in [5.41, 5.74) is -0.386. The van der Waals surface area contributed by atoms with Crippen LogP contribution in [-0.2, 0) is 4.79 Å². The van der Waals surface area contributed by atoms with Gasteiger partial charge in [0, 0.05) is 6.04 Å². The van der Waals surface area contributed by atoms with Crippen LogP contribution in [0.25, 0.3) is 0 Å². The van der Waals surface area contributed by atoms with E-state index in [2.05, 4.69) is 5.32 Å². The Morgan fingerprint density at radius 2 is 2.05 bits per heavy atom. The Morgan fingerprint density at radius 3 is 2.57 bits per heavy atom. The first-order valence-electron chi connectivity index (χ1n) is 7.02. The lowest BCUT2D eigenvalue weighted by Gasteiger charge is -2.46. The van der Waals surface area contributed by atoms with E-state index in [4.69, 9.17) is 16.0 Å². The molecule has 1 amide bonds. The van der Waals surface area contributed by atoms with Gasteiger partial charge in [-0.25, -0.2) is 0 Å². The number of carbonyl (C=O) groups excluding carboxylic acids is 1. The van der Waals surface area contributed by atoms with Crippen molar-refractivity contribution in [2.75, 3.05) is 0 Å². The number of furan rings is 1. The molecule has 0 bridgehead atoms. The molecule has 0 aromatic carbocycles. The summed E-state index contributed by atoms with van der Waals surface area (Å²) < 4.78 is 5.09. The van der Waals surface area contributed by atoms with Crippen molar-refractivity contribution in [1.82, 2.24) is 5.32 Å². The first-order chi connectivity index (χ1) is 9.73. The third-order valence-electron chi connectivity index (χ3n) is 4.85. The fraction of sp³-hybridized carbons (Fsp3) is 0.600. The third-order valence-corrected chi connectivity index (χ3v) is 5.06. The van der Waals surface area contributed by atoms with E-state index in [0.717, 1.165) is 0 Å². The zero-order chi connectivity index (χ0) is 15.8. The Balaban J connectivity index is 2.09. The van der Waals surface area contributed by atoms with Crippen LogP contribution >= 0.6 is 11.6 Å². The molecule has 5 nitrogen and oxygen atoms in total. The van der Waals surface area contributed by atoms with Gasteiger partial charge in [-0.1, -0.05) is 20.8 Å². The molecule has 1 aliphatic carbocycles. The van der Waals surface area contributed by atoms with Gasteiger partial charge in [-0.2, -0.15) is 0 Å². The summed E-state index contributed by atoms with van der Waals surface area (Å²) in [6.45, 7) is 5.87. The van der Waals surface area contributed by atoms with Gasteiger partial charge in [-0.3, -0.25) is 9.59 Å². The minimum absolute atomic E-state index is 0.0433. The molecular weight excluding hydrogens is 294 g/mol. The molecule has 2 rings (SSSR count). The molecule has 1 aliphatic rings. The van der Waals surface area contributed by atoms with E-state index < -0.39 is 11.9 Å². The van der Waals surface area contributed by atoms with Crippen molar-refractivity contribution in [2.24, 2.45) is 17.3 Å². The van der Waals surface area contributed by atoms with Gasteiger partial charge in [-0.05, 0) is 47.9 Å². The van der Waals surface area contributed by atoms with Gasteiger partial charge in [0.25, 0.3) is 5.91 Å². The summed E-state index contributed by atoms with van der Waals surface area (Å²) in [6, 6.07) is 2.97. The van der Waals surface area contributed by atoms with Gasteiger partial charge in [0.1, 0.15) is 0 Å². The largest absolute Gasteiger partial charge is 0.481 e. The number of nitrogens with one attached hydrogen (secondary N) is 1. The normalized spacial score (nSPS) is 28.1. The summed E-state index contributed by atoms with van der Waals surface area (Å²) in [4.78, 5) is 23.5. The van der Waals surface area contributed by atoms with Crippen LogP contribution in [0.4, 0.5) is 0 Å². The van der Waals surface area contributed by atoms with E-state index in [0.29, 0.717) is 12.8 Å². The minimum Gasteiger partial charge on any atom is -0.481 e. The lowest BCUT2D eigenvalue weighted by molar-refractivity contribution is -0.150. The fourth-order valence-electron chi connectivity index (χ4n) is 3.12. The number of hydrogen-bond acceptors (Lipinski definition) is 3. The van der Waals surface area contributed by atoms with Crippen molar-refractivity contribution in [3.63, 3.8) is 0 Å². The number of carbonyl (C=O) groups is 2. The van der Waals surface area contributed by atoms with Crippen LogP contribution in [0.5, 0.6) is 0 Å². The molecule has 0 aliphatic heterocycles. The van der Waals surface area contributed by atoms with Gasteiger partial charge >= 0.3 is 5.97 Å². The second-order valence-corrected chi connectivity index (χ2v) is 6.63. The van der Waals surface area contributed by atoms with E-state index in [9.17, 15) is 14.7 Å². The Bertz CT molecular complexity index is 552. The standard InChI is InChI=1S/C15H20ClNO4/c1-8-10(5-4-9(14(19)20)15(8,2)3)17-13(18)11-6-7-12(16)21-11/h6-10H,4-5H2,1-3H3,(H,17,18)(H,19,20). The number of rotatable bonds is 3. The summed E-state index contributed by atoms with van der Waals surface area (Å²) in [6.07, 6.45) is 1.19. The first-order valence-corrected chi connectivity index (χ1v) is 7.40. The van der Waals surface area contributed by atoms with Gasteiger partial charge in [0.2, 0.25) is 0 Å². The minimum atomic E-state index is -0.769. The first kappa shape index (κ1) is 15.9. The van der Waals surface area contributed by atoms with Crippen molar-refractivity contribution in [1.29, 1.82) is 0 Å². The van der Waals surface area contributed by atoms with Crippen LogP contribution in [-0.4, -0.2) is 23.0 Å². The maximum absolute atomic E-state index is 12.1. The number of hydrogen-bond donors (Lipinski definition) is 2. The van der Waals surface area contributed by atoms with Crippen LogP contribution in [0, 0.1) is 17.3 Å². The Hall–Kier alpha value is -1.49. The highest BCUT2D eigenvalue weighted by molar-refractivity contribution is 6.29. The zero-order valence-electron chi connectivity index (χ0n) is 12.4. The van der Waals surface area contributed by atoms with E-state index in [1.807, 2.05) is 20.8 Å². The van der Waals surface area contributed by atoms with Crippen LogP contribution in [0.3, 0.4) is 0 Å². The Kier molecular flexibility index (Phi) is 4.33. The van der Waals surface area contributed by atoms with Crippen molar-refractivity contribution < 1.29 is 19.1 Å². The monoisotopic (exact) mass is 313 g/mol. The molecule has 21 heavy (non-hydrogen) atoms. The second-order valence-electron chi connectivity index (χ2n) is 6.26. The van der Waals surface area contributed by atoms with Crippen LogP contribution in [0.1, 0.15) is 44.2 Å². The van der Waals surface area contributed by atoms with Crippen molar-refractivity contribution in [3.8, 4) is 0 Å². The average molecular weight is 314 g/mol. The topological polar surface area (TPSA) is 79.5 Å². The average Bonchev–Trinajstić information content (AvgIpc) is 2.81. The van der Waals surface area contributed by atoms with Gasteiger partial charge in [0.15, 0.2) is 11.0 Å². The maximum Gasteiger partial charge on any atom is 0.307 e. The second kappa shape index (κ2) is 5.72. The van der Waals surface area contributed by atoms with Gasteiger partial charge in [-0.15, -0.1) is 0 Å². The molecule has 1 aromatic rings. The number of carboxylic acids is 1. The SMILES string of the molecule is CC1C(NC(=O)c2ccc(Cl)o2)CCC(C(=O)O)C1(C)C.